The van der Waals surface area contributed by atoms with Crippen molar-refractivity contribution in [3.63, 3.8) is 0 Å². The number of aryl methyl sites for hydroxylation is 1. The molecular formula is C20H19NO5. The van der Waals surface area contributed by atoms with Crippen molar-refractivity contribution in [2.24, 2.45) is 0 Å². The number of carbonyl (C=O) groups excluding carboxylic acids is 1. The van der Waals surface area contributed by atoms with Gasteiger partial charge in [0.25, 0.3) is 5.91 Å². The maximum absolute atomic E-state index is 12.4. The summed E-state index contributed by atoms with van der Waals surface area (Å²) in [6.45, 7) is 3.57. The van der Waals surface area contributed by atoms with E-state index in [4.69, 9.17) is 13.9 Å². The number of ether oxygens (including phenoxy) is 2. The molecule has 1 N–H and O–H groups in total. The summed E-state index contributed by atoms with van der Waals surface area (Å²) in [5.74, 6) is 0.692. The van der Waals surface area contributed by atoms with Crippen LogP contribution in [-0.2, 0) is 4.79 Å². The van der Waals surface area contributed by atoms with Gasteiger partial charge in [-0.25, -0.2) is 4.79 Å². The highest BCUT2D eigenvalue weighted by atomic mass is 16.5. The lowest BCUT2D eigenvalue weighted by Crippen LogP contribution is -2.30. The lowest BCUT2D eigenvalue weighted by molar-refractivity contribution is -0.122. The second-order valence-corrected chi connectivity index (χ2v) is 5.91. The summed E-state index contributed by atoms with van der Waals surface area (Å²) >= 11 is 0. The van der Waals surface area contributed by atoms with Gasteiger partial charge in [-0.15, -0.1) is 0 Å². The first-order valence-corrected chi connectivity index (χ1v) is 8.12. The Morgan fingerprint density at radius 2 is 1.88 bits per heavy atom. The lowest BCUT2D eigenvalue weighted by Gasteiger charge is -2.16. The maximum atomic E-state index is 12.4. The number of methoxy groups -OCH3 is 1. The molecule has 0 unspecified atom stereocenters. The Morgan fingerprint density at radius 3 is 2.65 bits per heavy atom. The monoisotopic (exact) mass is 353 g/mol. The summed E-state index contributed by atoms with van der Waals surface area (Å²) < 4.78 is 16.1. The molecule has 0 bridgehead atoms. The summed E-state index contributed by atoms with van der Waals surface area (Å²) in [5, 5.41) is 3.58. The molecule has 0 aliphatic rings. The van der Waals surface area contributed by atoms with Gasteiger partial charge < -0.3 is 19.2 Å². The van der Waals surface area contributed by atoms with Crippen molar-refractivity contribution in [2.75, 3.05) is 12.4 Å². The molecule has 0 fully saturated rings. The van der Waals surface area contributed by atoms with E-state index in [1.807, 2.05) is 19.1 Å². The van der Waals surface area contributed by atoms with Gasteiger partial charge in [0.1, 0.15) is 17.1 Å². The third kappa shape index (κ3) is 3.85. The zero-order valence-corrected chi connectivity index (χ0v) is 14.7. The summed E-state index contributed by atoms with van der Waals surface area (Å²) in [7, 11) is 1.54. The number of amides is 1. The largest absolute Gasteiger partial charge is 0.495 e. The standard InChI is InChI=1S/C20H19NO5/c1-12-4-8-17(24-3)16(10-12)21-20(23)13(2)25-15-7-5-14-6-9-19(22)26-18(14)11-15/h4-11,13H,1-3H3,(H,21,23)/t13-/m0/s1. The van der Waals surface area contributed by atoms with Gasteiger partial charge in [0, 0.05) is 17.5 Å². The van der Waals surface area contributed by atoms with Crippen LogP contribution in [0.4, 0.5) is 5.69 Å². The van der Waals surface area contributed by atoms with Crippen molar-refractivity contribution in [1.29, 1.82) is 0 Å². The van der Waals surface area contributed by atoms with Crippen LogP contribution in [0.1, 0.15) is 12.5 Å². The number of nitrogens with one attached hydrogen (secondary N) is 1. The van der Waals surface area contributed by atoms with Crippen LogP contribution in [-0.4, -0.2) is 19.1 Å². The molecule has 0 spiro atoms. The quantitative estimate of drug-likeness (QED) is 0.710. The Bertz CT molecular complexity index is 1010. The number of hydrogen-bond acceptors (Lipinski definition) is 5. The first kappa shape index (κ1) is 17.5. The number of fused-ring (bicyclic) bond motifs is 1. The number of anilines is 1. The minimum absolute atomic E-state index is 0.316. The molecule has 0 saturated heterocycles. The summed E-state index contributed by atoms with van der Waals surface area (Å²) in [4.78, 5) is 23.8. The van der Waals surface area contributed by atoms with Gasteiger partial charge in [0.05, 0.1) is 12.8 Å². The van der Waals surface area contributed by atoms with Gasteiger partial charge in [-0.2, -0.15) is 0 Å². The van der Waals surface area contributed by atoms with Gasteiger partial charge >= 0.3 is 5.63 Å². The molecule has 134 valence electrons. The third-order valence-corrected chi connectivity index (χ3v) is 3.89. The molecule has 3 rings (SSSR count). The van der Waals surface area contributed by atoms with E-state index in [9.17, 15) is 9.59 Å². The van der Waals surface area contributed by atoms with E-state index in [0.29, 0.717) is 22.8 Å². The Hall–Kier alpha value is -3.28. The summed E-state index contributed by atoms with van der Waals surface area (Å²) in [6.07, 6.45) is -0.756. The van der Waals surface area contributed by atoms with Crippen LogP contribution >= 0.6 is 0 Å². The van der Waals surface area contributed by atoms with Crippen molar-refractivity contribution in [3.8, 4) is 11.5 Å². The van der Waals surface area contributed by atoms with Crippen LogP contribution in [0.3, 0.4) is 0 Å². The predicted octanol–water partition coefficient (Wildman–Crippen LogP) is 3.52. The van der Waals surface area contributed by atoms with Gasteiger partial charge in [0.15, 0.2) is 6.10 Å². The molecule has 6 nitrogen and oxygen atoms in total. The fraction of sp³-hybridized carbons (Fsp3) is 0.200. The minimum atomic E-state index is -0.756. The SMILES string of the molecule is COc1ccc(C)cc1NC(=O)[C@H](C)Oc1ccc2ccc(=O)oc2c1. The molecule has 2 aromatic carbocycles. The van der Waals surface area contributed by atoms with Crippen molar-refractivity contribution in [3.05, 3.63) is 64.5 Å². The molecule has 0 aliphatic heterocycles. The highest BCUT2D eigenvalue weighted by Gasteiger charge is 2.17. The lowest BCUT2D eigenvalue weighted by atomic mass is 10.2. The molecule has 3 aromatic rings. The van der Waals surface area contributed by atoms with Gasteiger partial charge in [-0.3, -0.25) is 4.79 Å². The highest BCUT2D eigenvalue weighted by molar-refractivity contribution is 5.95. The fourth-order valence-corrected chi connectivity index (χ4v) is 2.53. The Kier molecular flexibility index (Phi) is 4.93. The Morgan fingerprint density at radius 1 is 1.12 bits per heavy atom. The smallest absolute Gasteiger partial charge is 0.336 e. The van der Waals surface area contributed by atoms with Crippen LogP contribution in [0.15, 0.2) is 57.7 Å². The van der Waals surface area contributed by atoms with Crippen molar-refractivity contribution in [1.82, 2.24) is 0 Å². The molecule has 1 amide bonds. The number of benzene rings is 2. The van der Waals surface area contributed by atoms with Gasteiger partial charge in [0.2, 0.25) is 0 Å². The van der Waals surface area contributed by atoms with E-state index in [-0.39, 0.29) is 5.91 Å². The van der Waals surface area contributed by atoms with Crippen LogP contribution in [0.5, 0.6) is 11.5 Å². The normalized spacial score (nSPS) is 11.8. The zero-order chi connectivity index (χ0) is 18.7. The molecule has 1 aromatic heterocycles. The second-order valence-electron chi connectivity index (χ2n) is 5.91. The Balaban J connectivity index is 1.75. The van der Waals surface area contributed by atoms with E-state index in [0.717, 1.165) is 10.9 Å². The molecule has 1 atom stereocenters. The second kappa shape index (κ2) is 7.31. The number of rotatable bonds is 5. The minimum Gasteiger partial charge on any atom is -0.495 e. The average molecular weight is 353 g/mol. The van der Waals surface area contributed by atoms with E-state index in [1.54, 1.807) is 44.4 Å². The molecule has 26 heavy (non-hydrogen) atoms. The topological polar surface area (TPSA) is 77.8 Å². The van der Waals surface area contributed by atoms with E-state index >= 15 is 0 Å². The van der Waals surface area contributed by atoms with Crippen LogP contribution in [0.2, 0.25) is 0 Å². The number of hydrogen-bond donors (Lipinski definition) is 1. The highest BCUT2D eigenvalue weighted by Crippen LogP contribution is 2.26. The van der Waals surface area contributed by atoms with Crippen molar-refractivity contribution >= 4 is 22.6 Å². The van der Waals surface area contributed by atoms with Gasteiger partial charge in [-0.05, 0) is 49.7 Å². The molecule has 6 heteroatoms. The average Bonchev–Trinajstić information content (AvgIpc) is 2.61. The van der Waals surface area contributed by atoms with Crippen molar-refractivity contribution in [2.45, 2.75) is 20.0 Å². The number of carbonyl (C=O) groups is 1. The molecule has 1 heterocycles. The maximum Gasteiger partial charge on any atom is 0.336 e. The zero-order valence-electron chi connectivity index (χ0n) is 14.7. The van der Waals surface area contributed by atoms with Crippen LogP contribution in [0, 0.1) is 6.92 Å². The van der Waals surface area contributed by atoms with E-state index in [2.05, 4.69) is 5.32 Å². The van der Waals surface area contributed by atoms with Crippen LogP contribution in [0.25, 0.3) is 11.0 Å². The molecular weight excluding hydrogens is 334 g/mol. The van der Waals surface area contributed by atoms with E-state index < -0.39 is 11.7 Å². The van der Waals surface area contributed by atoms with E-state index in [1.165, 1.54) is 6.07 Å². The first-order chi connectivity index (χ1) is 12.5. The predicted molar refractivity (Wildman–Crippen MR) is 98.9 cm³/mol. The first-order valence-electron chi connectivity index (χ1n) is 8.12. The third-order valence-electron chi connectivity index (χ3n) is 3.89. The molecule has 0 radical (unpaired) electrons. The van der Waals surface area contributed by atoms with Gasteiger partial charge in [-0.1, -0.05) is 6.07 Å². The molecule has 0 saturated carbocycles. The Labute approximate surface area is 150 Å². The summed E-state index contributed by atoms with van der Waals surface area (Å²) in [6, 6.07) is 13.6. The van der Waals surface area contributed by atoms with Crippen LogP contribution < -0.4 is 20.4 Å². The van der Waals surface area contributed by atoms with Crippen molar-refractivity contribution < 1.29 is 18.7 Å². The molecule has 0 aliphatic carbocycles. The fourth-order valence-electron chi connectivity index (χ4n) is 2.53. The summed E-state index contributed by atoms with van der Waals surface area (Å²) in [5.41, 5.74) is 1.55.